The highest BCUT2D eigenvalue weighted by atomic mass is 79.9. The van der Waals surface area contributed by atoms with E-state index in [1.165, 1.54) is 0 Å². The fourth-order valence-electron chi connectivity index (χ4n) is 2.01. The second-order valence-electron chi connectivity index (χ2n) is 4.53. The molecule has 1 heterocycles. The summed E-state index contributed by atoms with van der Waals surface area (Å²) in [7, 11) is 0. The minimum absolute atomic E-state index is 0.262. The van der Waals surface area contributed by atoms with E-state index in [0.29, 0.717) is 6.61 Å². The van der Waals surface area contributed by atoms with Gasteiger partial charge in [-0.1, -0.05) is 28.1 Å². The Labute approximate surface area is 128 Å². The number of carboxylic acid groups (broad SMARTS) is 1. The van der Waals surface area contributed by atoms with Crippen LogP contribution < -0.4 is 4.74 Å². The lowest BCUT2D eigenvalue weighted by molar-refractivity contribution is 0.0697. The summed E-state index contributed by atoms with van der Waals surface area (Å²) in [6.07, 6.45) is 1.71. The number of carboxylic acids is 1. The van der Waals surface area contributed by atoms with Crippen molar-refractivity contribution in [1.29, 1.82) is 0 Å². The Bertz CT molecular complexity index is 796. The summed E-state index contributed by atoms with van der Waals surface area (Å²) in [4.78, 5) is 10.8. The number of hydrogen-bond acceptors (Lipinski definition) is 3. The molecule has 0 spiro atoms. The van der Waals surface area contributed by atoms with E-state index in [9.17, 15) is 4.79 Å². The predicted octanol–water partition coefficient (Wildman–Crippen LogP) is 3.60. The second-order valence-corrected chi connectivity index (χ2v) is 5.44. The highest BCUT2D eigenvalue weighted by Crippen LogP contribution is 2.29. The van der Waals surface area contributed by atoms with Crippen LogP contribution in [0.4, 0.5) is 0 Å². The van der Waals surface area contributed by atoms with Gasteiger partial charge in [-0.25, -0.2) is 4.79 Å². The second kappa shape index (κ2) is 5.57. The summed E-state index contributed by atoms with van der Waals surface area (Å²) in [5, 5.41) is 16.7. The van der Waals surface area contributed by atoms with Crippen LogP contribution in [0.1, 0.15) is 15.9 Å². The number of aromatic nitrogens is 2. The lowest BCUT2D eigenvalue weighted by Gasteiger charge is -2.08. The van der Waals surface area contributed by atoms with Crippen molar-refractivity contribution >= 4 is 32.8 Å². The summed E-state index contributed by atoms with van der Waals surface area (Å²) in [6.45, 7) is 0.358. The molecule has 0 bridgehead atoms. The molecule has 0 radical (unpaired) electrons. The van der Waals surface area contributed by atoms with Gasteiger partial charge in [0.05, 0.1) is 22.7 Å². The number of aromatic amines is 1. The van der Waals surface area contributed by atoms with Crippen molar-refractivity contribution in [3.05, 3.63) is 58.2 Å². The molecule has 2 aromatic carbocycles. The highest BCUT2D eigenvalue weighted by molar-refractivity contribution is 9.10. The molecule has 0 aliphatic rings. The zero-order chi connectivity index (χ0) is 14.8. The van der Waals surface area contributed by atoms with E-state index in [4.69, 9.17) is 9.84 Å². The van der Waals surface area contributed by atoms with Crippen molar-refractivity contribution in [3.8, 4) is 5.75 Å². The standard InChI is InChI=1S/C15H11BrN2O3/c16-11-5-13-12(7-17-18-13)14(6-11)21-8-9-1-3-10(4-2-9)15(19)20/h1-7H,8H2,(H,17,18)(H,19,20). The molecule has 0 unspecified atom stereocenters. The number of aromatic carboxylic acids is 1. The van der Waals surface area contributed by atoms with Crippen LogP contribution in [0.3, 0.4) is 0 Å². The van der Waals surface area contributed by atoms with Crippen molar-refractivity contribution in [3.63, 3.8) is 0 Å². The molecule has 3 rings (SSSR count). The predicted molar refractivity (Wildman–Crippen MR) is 81.5 cm³/mol. The zero-order valence-corrected chi connectivity index (χ0v) is 12.4. The Hall–Kier alpha value is -2.34. The van der Waals surface area contributed by atoms with Crippen molar-refractivity contribution in [1.82, 2.24) is 10.2 Å². The monoisotopic (exact) mass is 346 g/mol. The van der Waals surface area contributed by atoms with Crippen LogP contribution in [0, 0.1) is 0 Å². The Kier molecular flexibility index (Phi) is 3.62. The highest BCUT2D eigenvalue weighted by Gasteiger charge is 2.07. The summed E-state index contributed by atoms with van der Waals surface area (Å²) < 4.78 is 6.71. The lowest BCUT2D eigenvalue weighted by Crippen LogP contribution is -1.99. The third kappa shape index (κ3) is 2.90. The molecule has 21 heavy (non-hydrogen) atoms. The molecular formula is C15H11BrN2O3. The van der Waals surface area contributed by atoms with Crippen molar-refractivity contribution < 1.29 is 14.6 Å². The number of carbonyl (C=O) groups is 1. The first-order valence-corrected chi connectivity index (χ1v) is 7.00. The van der Waals surface area contributed by atoms with E-state index in [-0.39, 0.29) is 5.56 Å². The number of nitrogens with zero attached hydrogens (tertiary/aromatic N) is 1. The first kappa shape index (κ1) is 13.6. The number of benzene rings is 2. The average Bonchev–Trinajstić information content (AvgIpc) is 2.93. The minimum Gasteiger partial charge on any atom is -0.488 e. The molecule has 0 aliphatic heterocycles. The molecule has 0 saturated carbocycles. The van der Waals surface area contributed by atoms with Gasteiger partial charge in [-0.15, -0.1) is 0 Å². The van der Waals surface area contributed by atoms with Gasteiger partial charge in [0.2, 0.25) is 0 Å². The third-order valence-electron chi connectivity index (χ3n) is 3.08. The fourth-order valence-corrected chi connectivity index (χ4v) is 2.45. The van der Waals surface area contributed by atoms with Crippen LogP contribution in [0.25, 0.3) is 10.9 Å². The molecule has 3 aromatic rings. The molecule has 0 aliphatic carbocycles. The number of halogens is 1. The maximum Gasteiger partial charge on any atom is 0.335 e. The molecule has 0 fully saturated rings. The maximum absolute atomic E-state index is 10.8. The van der Waals surface area contributed by atoms with Gasteiger partial charge in [-0.2, -0.15) is 5.10 Å². The number of nitrogens with one attached hydrogen (secondary N) is 1. The Morgan fingerprint density at radius 1 is 1.29 bits per heavy atom. The summed E-state index contributed by atoms with van der Waals surface area (Å²) in [5.41, 5.74) is 2.05. The van der Waals surface area contributed by atoms with E-state index in [1.807, 2.05) is 12.1 Å². The topological polar surface area (TPSA) is 75.2 Å². The molecule has 0 atom stereocenters. The summed E-state index contributed by atoms with van der Waals surface area (Å²) in [5.74, 6) is -0.218. The minimum atomic E-state index is -0.936. The Morgan fingerprint density at radius 2 is 2.05 bits per heavy atom. The molecule has 6 heteroatoms. The Morgan fingerprint density at radius 3 is 2.76 bits per heavy atom. The van der Waals surface area contributed by atoms with Crippen molar-refractivity contribution in [2.24, 2.45) is 0 Å². The lowest BCUT2D eigenvalue weighted by atomic mass is 10.1. The van der Waals surface area contributed by atoms with Crippen LogP contribution in [-0.4, -0.2) is 21.3 Å². The largest absolute Gasteiger partial charge is 0.488 e. The normalized spacial score (nSPS) is 10.7. The van der Waals surface area contributed by atoms with Gasteiger partial charge < -0.3 is 9.84 Å². The molecular weight excluding hydrogens is 336 g/mol. The number of hydrogen-bond donors (Lipinski definition) is 2. The third-order valence-corrected chi connectivity index (χ3v) is 3.54. The quantitative estimate of drug-likeness (QED) is 0.756. The van der Waals surface area contributed by atoms with Crippen LogP contribution in [-0.2, 0) is 6.61 Å². The SMILES string of the molecule is O=C(O)c1ccc(COc2cc(Br)cc3[nH]ncc23)cc1. The van der Waals surface area contributed by atoms with E-state index >= 15 is 0 Å². The van der Waals surface area contributed by atoms with Crippen LogP contribution >= 0.6 is 15.9 Å². The molecule has 1 aromatic heterocycles. The number of rotatable bonds is 4. The van der Waals surface area contributed by atoms with E-state index < -0.39 is 5.97 Å². The van der Waals surface area contributed by atoms with E-state index in [1.54, 1.807) is 30.5 Å². The molecule has 2 N–H and O–H groups in total. The fraction of sp³-hybridized carbons (Fsp3) is 0.0667. The van der Waals surface area contributed by atoms with Gasteiger partial charge >= 0.3 is 5.97 Å². The van der Waals surface area contributed by atoms with Crippen LogP contribution in [0.2, 0.25) is 0 Å². The van der Waals surface area contributed by atoms with Gasteiger partial charge in [-0.3, -0.25) is 5.10 Å². The molecule has 0 amide bonds. The van der Waals surface area contributed by atoms with E-state index in [2.05, 4.69) is 26.1 Å². The van der Waals surface area contributed by atoms with Gasteiger partial charge in [0.15, 0.2) is 0 Å². The number of H-pyrrole nitrogens is 1. The van der Waals surface area contributed by atoms with Crippen LogP contribution in [0.15, 0.2) is 47.1 Å². The zero-order valence-electron chi connectivity index (χ0n) is 10.8. The summed E-state index contributed by atoms with van der Waals surface area (Å²) in [6, 6.07) is 10.4. The number of fused-ring (bicyclic) bond motifs is 1. The van der Waals surface area contributed by atoms with Crippen LogP contribution in [0.5, 0.6) is 5.75 Å². The average molecular weight is 347 g/mol. The van der Waals surface area contributed by atoms with Crippen molar-refractivity contribution in [2.75, 3.05) is 0 Å². The van der Waals surface area contributed by atoms with E-state index in [0.717, 1.165) is 26.7 Å². The first-order chi connectivity index (χ1) is 10.1. The molecule has 106 valence electrons. The van der Waals surface area contributed by atoms with Gasteiger partial charge in [-0.05, 0) is 29.8 Å². The smallest absolute Gasteiger partial charge is 0.335 e. The molecule has 0 saturated heterocycles. The summed E-state index contributed by atoms with van der Waals surface area (Å²) >= 11 is 3.43. The maximum atomic E-state index is 10.8. The number of ether oxygens (including phenoxy) is 1. The van der Waals surface area contributed by atoms with Gasteiger partial charge in [0, 0.05) is 4.47 Å². The first-order valence-electron chi connectivity index (χ1n) is 6.21. The van der Waals surface area contributed by atoms with Gasteiger partial charge in [0.25, 0.3) is 0 Å². The van der Waals surface area contributed by atoms with Gasteiger partial charge in [0.1, 0.15) is 12.4 Å². The van der Waals surface area contributed by atoms with Crippen molar-refractivity contribution in [2.45, 2.75) is 6.61 Å². The molecule has 5 nitrogen and oxygen atoms in total. The Balaban J connectivity index is 1.80.